The Morgan fingerprint density at radius 2 is 1.95 bits per heavy atom. The predicted octanol–water partition coefficient (Wildman–Crippen LogP) is 3.65. The van der Waals surface area contributed by atoms with Gasteiger partial charge in [-0.05, 0) is 18.6 Å². The molecule has 1 fully saturated rings. The van der Waals surface area contributed by atoms with Crippen LogP contribution in [-0.2, 0) is 23.9 Å². The maximum atomic E-state index is 13.2. The number of aliphatic imine (C=N–C) groups is 1. The monoisotopic (exact) mass is 598 g/mol. The van der Waals surface area contributed by atoms with Gasteiger partial charge in [0.1, 0.15) is 10.7 Å². The van der Waals surface area contributed by atoms with Crippen molar-refractivity contribution in [2.45, 2.75) is 71.6 Å². The average Bonchev–Trinajstić information content (AvgIpc) is 3.36. The summed E-state index contributed by atoms with van der Waals surface area (Å²) < 4.78 is 10.8. The third kappa shape index (κ3) is 10.2. The number of hydrogen-bond acceptors (Lipinski definition) is 10. The standard InChI is InChI=1S/C27H42N4O7S2/c1-15(2)21(31(6)24(33)9-18-12-37-13-18)11-22(38-17(4)32)26-30-20(14-40-26)25(34)29-19(8-16(3)27(35)36)10-23(28-5)39-7/h14-16,18-19,21-22H,8-13H2,1-7H3,(H,29,34)(H,35,36)/t16-,19+,21?,22+/m0/s1. The second kappa shape index (κ2) is 16.1. The fourth-order valence-electron chi connectivity index (χ4n) is 4.47. The minimum atomic E-state index is -0.942. The van der Waals surface area contributed by atoms with E-state index < -0.39 is 35.9 Å². The predicted molar refractivity (Wildman–Crippen MR) is 156 cm³/mol. The molecule has 2 amide bonds. The van der Waals surface area contributed by atoms with Gasteiger partial charge in [-0.1, -0.05) is 20.8 Å². The van der Waals surface area contributed by atoms with Gasteiger partial charge in [-0.25, -0.2) is 4.98 Å². The highest BCUT2D eigenvalue weighted by Crippen LogP contribution is 2.31. The molecule has 0 spiro atoms. The van der Waals surface area contributed by atoms with Gasteiger partial charge < -0.3 is 24.8 Å². The fraction of sp³-hybridized carbons (Fsp3) is 0.704. The summed E-state index contributed by atoms with van der Waals surface area (Å²) in [6.45, 7) is 8.11. The fourth-order valence-corrected chi connectivity index (χ4v) is 5.86. The minimum absolute atomic E-state index is 0.00893. The number of nitrogens with one attached hydrogen (secondary N) is 1. The van der Waals surface area contributed by atoms with Gasteiger partial charge >= 0.3 is 11.9 Å². The molecule has 11 nitrogen and oxygen atoms in total. The molecule has 224 valence electrons. The molecule has 0 radical (unpaired) electrons. The maximum absolute atomic E-state index is 13.2. The van der Waals surface area contributed by atoms with E-state index in [1.807, 2.05) is 20.1 Å². The summed E-state index contributed by atoms with van der Waals surface area (Å²) in [5.41, 5.74) is 0.153. The quantitative estimate of drug-likeness (QED) is 0.175. The molecule has 1 aromatic heterocycles. The van der Waals surface area contributed by atoms with Crippen molar-refractivity contribution in [2.24, 2.45) is 22.7 Å². The van der Waals surface area contributed by atoms with E-state index in [9.17, 15) is 24.3 Å². The van der Waals surface area contributed by atoms with Gasteiger partial charge in [-0.2, -0.15) is 0 Å². The van der Waals surface area contributed by atoms with Crippen LogP contribution in [0.15, 0.2) is 10.4 Å². The van der Waals surface area contributed by atoms with Crippen molar-refractivity contribution in [1.82, 2.24) is 15.2 Å². The van der Waals surface area contributed by atoms with E-state index in [4.69, 9.17) is 9.47 Å². The van der Waals surface area contributed by atoms with Gasteiger partial charge in [0.15, 0.2) is 6.10 Å². The first-order chi connectivity index (χ1) is 18.9. The molecule has 4 atom stereocenters. The van der Waals surface area contributed by atoms with E-state index in [0.29, 0.717) is 37.5 Å². The van der Waals surface area contributed by atoms with Crippen molar-refractivity contribution in [2.75, 3.05) is 33.6 Å². The Hall–Kier alpha value is -2.51. The Kier molecular flexibility index (Phi) is 13.5. The van der Waals surface area contributed by atoms with Gasteiger partial charge in [-0.15, -0.1) is 23.1 Å². The number of rotatable bonds is 15. The molecule has 2 rings (SSSR count). The number of thiazole rings is 1. The molecule has 40 heavy (non-hydrogen) atoms. The van der Waals surface area contributed by atoms with Crippen molar-refractivity contribution in [1.29, 1.82) is 0 Å². The summed E-state index contributed by atoms with van der Waals surface area (Å²) in [6.07, 6.45) is 2.51. The summed E-state index contributed by atoms with van der Waals surface area (Å²) in [5, 5.41) is 15.1. The average molecular weight is 599 g/mol. The Balaban J connectivity index is 2.20. The van der Waals surface area contributed by atoms with E-state index in [1.54, 1.807) is 31.3 Å². The lowest BCUT2D eigenvalue weighted by molar-refractivity contribution is -0.149. The summed E-state index contributed by atoms with van der Waals surface area (Å²) in [7, 11) is 3.42. The molecular formula is C27H42N4O7S2. The SMILES string of the molecule is CN=C(C[C@@H](C[C@H](C)C(=O)O)NC(=O)c1csc([C@@H](CC(C(C)C)N(C)C(=O)CC2COC2)OC(C)=O)n1)SC. The molecule has 1 unspecified atom stereocenters. The zero-order chi connectivity index (χ0) is 30.0. The first-order valence-corrected chi connectivity index (χ1v) is 15.5. The minimum Gasteiger partial charge on any atom is -0.481 e. The molecule has 1 aromatic rings. The number of carboxylic acids is 1. The van der Waals surface area contributed by atoms with Crippen LogP contribution in [0, 0.1) is 17.8 Å². The molecule has 2 heterocycles. The maximum Gasteiger partial charge on any atom is 0.306 e. The Bertz CT molecular complexity index is 1060. The number of ether oxygens (including phenoxy) is 2. The normalized spacial score (nSPS) is 16.9. The van der Waals surface area contributed by atoms with Crippen molar-refractivity contribution in [3.8, 4) is 0 Å². The first-order valence-electron chi connectivity index (χ1n) is 13.3. The molecule has 0 saturated carbocycles. The lowest BCUT2D eigenvalue weighted by Crippen LogP contribution is -2.44. The van der Waals surface area contributed by atoms with E-state index >= 15 is 0 Å². The number of nitrogens with zero attached hydrogens (tertiary/aromatic N) is 3. The number of esters is 1. The molecule has 0 aromatic carbocycles. The van der Waals surface area contributed by atoms with Gasteiger partial charge in [0, 0.05) is 63.7 Å². The molecule has 13 heteroatoms. The highest BCUT2D eigenvalue weighted by atomic mass is 32.2. The van der Waals surface area contributed by atoms with Crippen LogP contribution < -0.4 is 5.32 Å². The van der Waals surface area contributed by atoms with Gasteiger partial charge in [0.2, 0.25) is 5.91 Å². The third-order valence-corrected chi connectivity index (χ3v) is 8.68. The Labute approximate surface area is 244 Å². The van der Waals surface area contributed by atoms with Gasteiger partial charge in [0.05, 0.1) is 24.2 Å². The molecule has 1 aliphatic rings. The summed E-state index contributed by atoms with van der Waals surface area (Å²) in [4.78, 5) is 59.9. The number of carbonyl (C=O) groups is 4. The number of thioether (sulfide) groups is 1. The largest absolute Gasteiger partial charge is 0.481 e. The summed E-state index contributed by atoms with van der Waals surface area (Å²) in [6, 6.07) is -0.676. The van der Waals surface area contributed by atoms with Crippen LogP contribution in [0.4, 0.5) is 0 Å². The van der Waals surface area contributed by atoms with Crippen LogP contribution in [0.25, 0.3) is 0 Å². The molecular weight excluding hydrogens is 556 g/mol. The van der Waals surface area contributed by atoms with Gasteiger partial charge in [0.25, 0.3) is 5.91 Å². The van der Waals surface area contributed by atoms with Crippen LogP contribution in [0.3, 0.4) is 0 Å². The zero-order valence-electron chi connectivity index (χ0n) is 24.3. The van der Waals surface area contributed by atoms with Crippen molar-refractivity contribution in [3.05, 3.63) is 16.1 Å². The molecule has 0 aliphatic carbocycles. The van der Waals surface area contributed by atoms with Crippen LogP contribution in [-0.4, -0.2) is 89.4 Å². The highest BCUT2D eigenvalue weighted by Gasteiger charge is 2.32. The molecule has 0 bridgehead atoms. The van der Waals surface area contributed by atoms with E-state index in [-0.39, 0.29) is 35.9 Å². The highest BCUT2D eigenvalue weighted by molar-refractivity contribution is 8.13. The first kappa shape index (κ1) is 33.7. The molecule has 2 N–H and O–H groups in total. The number of carboxylic acid groups (broad SMARTS) is 1. The molecule has 1 aliphatic heterocycles. The van der Waals surface area contributed by atoms with Crippen LogP contribution in [0.5, 0.6) is 0 Å². The number of carbonyl (C=O) groups excluding carboxylic acids is 3. The molecule has 1 saturated heterocycles. The number of aliphatic carboxylic acids is 1. The second-order valence-electron chi connectivity index (χ2n) is 10.5. The summed E-state index contributed by atoms with van der Waals surface area (Å²) >= 11 is 2.65. The summed E-state index contributed by atoms with van der Waals surface area (Å²) in [5.74, 6) is -2.22. The van der Waals surface area contributed by atoms with Crippen LogP contribution in [0.2, 0.25) is 0 Å². The second-order valence-corrected chi connectivity index (χ2v) is 12.3. The third-order valence-electron chi connectivity index (χ3n) is 6.93. The number of aromatic nitrogens is 1. The van der Waals surface area contributed by atoms with Crippen LogP contribution >= 0.6 is 23.1 Å². The smallest absolute Gasteiger partial charge is 0.306 e. The number of amides is 2. The number of hydrogen-bond donors (Lipinski definition) is 2. The van der Waals surface area contributed by atoms with E-state index in [2.05, 4.69) is 15.3 Å². The van der Waals surface area contributed by atoms with Gasteiger partial charge in [-0.3, -0.25) is 24.2 Å². The van der Waals surface area contributed by atoms with E-state index in [0.717, 1.165) is 5.04 Å². The van der Waals surface area contributed by atoms with Crippen molar-refractivity contribution < 1.29 is 33.8 Å². The van der Waals surface area contributed by atoms with Crippen molar-refractivity contribution in [3.63, 3.8) is 0 Å². The van der Waals surface area contributed by atoms with E-state index in [1.165, 1.54) is 30.0 Å². The lowest BCUT2D eigenvalue weighted by Gasteiger charge is -2.35. The van der Waals surface area contributed by atoms with Crippen LogP contribution in [0.1, 0.15) is 75.0 Å². The Morgan fingerprint density at radius 1 is 1.27 bits per heavy atom. The topological polar surface area (TPSA) is 147 Å². The lowest BCUT2D eigenvalue weighted by atomic mass is 9.95. The van der Waals surface area contributed by atoms with Crippen molar-refractivity contribution >= 4 is 51.9 Å². The Morgan fingerprint density at radius 3 is 2.45 bits per heavy atom. The zero-order valence-corrected chi connectivity index (χ0v) is 26.0.